The van der Waals surface area contributed by atoms with Crippen molar-refractivity contribution in [3.05, 3.63) is 70.5 Å². The number of halogens is 1. The van der Waals surface area contributed by atoms with Gasteiger partial charge in [-0.05, 0) is 49.6 Å². The van der Waals surface area contributed by atoms with E-state index in [0.29, 0.717) is 11.1 Å². The fourth-order valence-corrected chi connectivity index (χ4v) is 2.06. The van der Waals surface area contributed by atoms with Gasteiger partial charge in [0.05, 0.1) is 0 Å². The Kier molecular flexibility index (Phi) is 3.22. The lowest BCUT2D eigenvalue weighted by atomic mass is 9.87. The molecule has 0 bridgehead atoms. The fourth-order valence-electron chi connectivity index (χ4n) is 2.06. The van der Waals surface area contributed by atoms with Crippen molar-refractivity contribution < 1.29 is 9.50 Å². The van der Waals surface area contributed by atoms with Gasteiger partial charge in [-0.25, -0.2) is 4.39 Å². The van der Waals surface area contributed by atoms with Gasteiger partial charge >= 0.3 is 0 Å². The van der Waals surface area contributed by atoms with E-state index in [1.165, 1.54) is 6.07 Å². The molecule has 2 heteroatoms. The summed E-state index contributed by atoms with van der Waals surface area (Å²) in [5.41, 5.74) is 2.04. The summed E-state index contributed by atoms with van der Waals surface area (Å²) in [6.45, 7) is 5.41. The Hall–Kier alpha value is -1.67. The van der Waals surface area contributed by atoms with Crippen LogP contribution in [0.2, 0.25) is 0 Å². The third-order valence-electron chi connectivity index (χ3n) is 3.30. The molecule has 1 atom stereocenters. The van der Waals surface area contributed by atoms with E-state index < -0.39 is 5.60 Å². The molecular weight excluding hydrogens is 227 g/mol. The van der Waals surface area contributed by atoms with E-state index in [0.717, 1.165) is 11.1 Å². The maximum atomic E-state index is 13.3. The molecule has 1 nitrogen and oxygen atoms in total. The lowest BCUT2D eigenvalue weighted by Gasteiger charge is -2.25. The second-order valence-electron chi connectivity index (χ2n) is 4.91. The van der Waals surface area contributed by atoms with E-state index in [2.05, 4.69) is 0 Å². The number of hydrogen-bond acceptors (Lipinski definition) is 1. The van der Waals surface area contributed by atoms with Crippen molar-refractivity contribution in [3.8, 4) is 0 Å². The van der Waals surface area contributed by atoms with Gasteiger partial charge in [0.15, 0.2) is 0 Å². The van der Waals surface area contributed by atoms with Crippen molar-refractivity contribution in [2.75, 3.05) is 0 Å². The summed E-state index contributed by atoms with van der Waals surface area (Å²) in [6.07, 6.45) is 0. The van der Waals surface area contributed by atoms with Crippen LogP contribution in [0, 0.1) is 19.7 Å². The zero-order valence-electron chi connectivity index (χ0n) is 10.9. The molecule has 0 amide bonds. The number of aliphatic hydroxyl groups is 1. The summed E-state index contributed by atoms with van der Waals surface area (Å²) >= 11 is 0. The van der Waals surface area contributed by atoms with Crippen molar-refractivity contribution in [1.29, 1.82) is 0 Å². The minimum atomic E-state index is -1.11. The quantitative estimate of drug-likeness (QED) is 0.854. The first-order chi connectivity index (χ1) is 8.41. The van der Waals surface area contributed by atoms with Crippen LogP contribution in [0.5, 0.6) is 0 Å². The van der Waals surface area contributed by atoms with Gasteiger partial charge in [-0.1, -0.05) is 35.9 Å². The van der Waals surface area contributed by atoms with Crippen LogP contribution in [0.25, 0.3) is 0 Å². The average Bonchev–Trinajstić information content (AvgIpc) is 2.32. The van der Waals surface area contributed by atoms with E-state index in [4.69, 9.17) is 0 Å². The van der Waals surface area contributed by atoms with Crippen molar-refractivity contribution >= 4 is 0 Å². The zero-order valence-corrected chi connectivity index (χ0v) is 10.9. The van der Waals surface area contributed by atoms with Crippen molar-refractivity contribution in [2.24, 2.45) is 0 Å². The Morgan fingerprint density at radius 2 is 1.67 bits per heavy atom. The molecule has 0 saturated heterocycles. The molecule has 1 N–H and O–H groups in total. The Balaban J connectivity index is 2.50. The highest BCUT2D eigenvalue weighted by Gasteiger charge is 2.26. The molecule has 0 spiro atoms. The summed E-state index contributed by atoms with van der Waals surface area (Å²) in [5.74, 6) is -0.251. The predicted molar refractivity (Wildman–Crippen MR) is 71.0 cm³/mol. The lowest BCUT2D eigenvalue weighted by molar-refractivity contribution is 0.102. The van der Waals surface area contributed by atoms with E-state index >= 15 is 0 Å². The number of aryl methyl sites for hydroxylation is 2. The van der Waals surface area contributed by atoms with Gasteiger partial charge in [0.25, 0.3) is 0 Å². The minimum absolute atomic E-state index is 0.251. The van der Waals surface area contributed by atoms with Gasteiger partial charge < -0.3 is 5.11 Å². The first kappa shape index (κ1) is 12.8. The first-order valence-corrected chi connectivity index (χ1v) is 5.97. The molecule has 0 aliphatic carbocycles. The van der Waals surface area contributed by atoms with E-state index in [-0.39, 0.29) is 5.82 Å². The first-order valence-electron chi connectivity index (χ1n) is 5.97. The molecular formula is C16H17FO. The van der Waals surface area contributed by atoms with Crippen LogP contribution >= 0.6 is 0 Å². The molecule has 0 saturated carbocycles. The highest BCUT2D eigenvalue weighted by Crippen LogP contribution is 2.30. The van der Waals surface area contributed by atoms with E-state index in [1.54, 1.807) is 26.0 Å². The van der Waals surface area contributed by atoms with E-state index in [9.17, 15) is 9.50 Å². The normalized spacial score (nSPS) is 14.3. The molecule has 2 aromatic rings. The second kappa shape index (κ2) is 4.54. The van der Waals surface area contributed by atoms with Gasteiger partial charge in [0.1, 0.15) is 11.4 Å². The maximum Gasteiger partial charge on any atom is 0.126 e. The van der Waals surface area contributed by atoms with Crippen LogP contribution in [0.3, 0.4) is 0 Å². The zero-order chi connectivity index (χ0) is 13.3. The number of rotatable bonds is 2. The Morgan fingerprint density at radius 1 is 1.00 bits per heavy atom. The summed E-state index contributed by atoms with van der Waals surface area (Å²) in [6, 6.07) is 12.4. The summed E-state index contributed by atoms with van der Waals surface area (Å²) in [5, 5.41) is 10.7. The van der Waals surface area contributed by atoms with Gasteiger partial charge in [-0.3, -0.25) is 0 Å². The van der Waals surface area contributed by atoms with Crippen LogP contribution < -0.4 is 0 Å². The fraction of sp³-hybridized carbons (Fsp3) is 0.250. The highest BCUT2D eigenvalue weighted by atomic mass is 19.1. The number of benzene rings is 2. The van der Waals surface area contributed by atoms with Crippen molar-refractivity contribution in [1.82, 2.24) is 0 Å². The maximum absolute atomic E-state index is 13.3. The molecule has 1 unspecified atom stereocenters. The minimum Gasteiger partial charge on any atom is -0.381 e. The predicted octanol–water partition coefficient (Wildman–Crippen LogP) is 3.70. The Bertz CT molecular complexity index is 573. The monoisotopic (exact) mass is 244 g/mol. The highest BCUT2D eigenvalue weighted by molar-refractivity contribution is 5.38. The van der Waals surface area contributed by atoms with Crippen LogP contribution in [-0.2, 0) is 5.60 Å². The molecule has 0 fully saturated rings. The van der Waals surface area contributed by atoms with Gasteiger partial charge in [-0.2, -0.15) is 0 Å². The van der Waals surface area contributed by atoms with Gasteiger partial charge in [-0.15, -0.1) is 0 Å². The van der Waals surface area contributed by atoms with Crippen LogP contribution in [0.4, 0.5) is 4.39 Å². The topological polar surface area (TPSA) is 20.2 Å². The molecule has 0 aliphatic rings. The lowest BCUT2D eigenvalue weighted by Crippen LogP contribution is -2.23. The molecule has 0 heterocycles. The summed E-state index contributed by atoms with van der Waals surface area (Å²) in [4.78, 5) is 0. The largest absolute Gasteiger partial charge is 0.381 e. The van der Waals surface area contributed by atoms with Crippen LogP contribution in [0.15, 0.2) is 42.5 Å². The van der Waals surface area contributed by atoms with Crippen molar-refractivity contribution in [2.45, 2.75) is 26.4 Å². The van der Waals surface area contributed by atoms with E-state index in [1.807, 2.05) is 31.2 Å². The second-order valence-corrected chi connectivity index (χ2v) is 4.91. The van der Waals surface area contributed by atoms with Crippen LogP contribution in [-0.4, -0.2) is 5.11 Å². The van der Waals surface area contributed by atoms with Gasteiger partial charge in [0.2, 0.25) is 0 Å². The molecule has 0 aromatic heterocycles. The Morgan fingerprint density at radius 3 is 2.28 bits per heavy atom. The van der Waals surface area contributed by atoms with Crippen LogP contribution in [0.1, 0.15) is 29.2 Å². The molecule has 18 heavy (non-hydrogen) atoms. The Labute approximate surface area is 107 Å². The molecule has 94 valence electrons. The van der Waals surface area contributed by atoms with Gasteiger partial charge in [0, 0.05) is 0 Å². The third-order valence-corrected chi connectivity index (χ3v) is 3.30. The van der Waals surface area contributed by atoms with Crippen molar-refractivity contribution in [3.63, 3.8) is 0 Å². The standard InChI is InChI=1S/C16H17FO/c1-11-5-4-6-13(9-11)16(3,18)14-7-8-15(17)12(2)10-14/h4-10,18H,1-3H3. The summed E-state index contributed by atoms with van der Waals surface area (Å²) in [7, 11) is 0. The SMILES string of the molecule is Cc1cccc(C(C)(O)c2ccc(F)c(C)c2)c1. The number of hydrogen-bond donors (Lipinski definition) is 1. The molecule has 2 rings (SSSR count). The molecule has 2 aromatic carbocycles. The average molecular weight is 244 g/mol. The molecule has 0 radical (unpaired) electrons. The summed E-state index contributed by atoms with van der Waals surface area (Å²) < 4.78 is 13.3. The molecule has 0 aliphatic heterocycles. The smallest absolute Gasteiger partial charge is 0.126 e. The third kappa shape index (κ3) is 2.29.